The van der Waals surface area contributed by atoms with Crippen molar-refractivity contribution in [2.24, 2.45) is 12.8 Å². The van der Waals surface area contributed by atoms with Crippen LogP contribution in [0.15, 0.2) is 18.2 Å². The Balaban J connectivity index is 1.48. The van der Waals surface area contributed by atoms with Crippen LogP contribution in [0.3, 0.4) is 0 Å². The summed E-state index contributed by atoms with van der Waals surface area (Å²) in [5.74, 6) is -0.0940. The summed E-state index contributed by atoms with van der Waals surface area (Å²) in [7, 11) is 1.88. The number of anilines is 1. The first-order valence-corrected chi connectivity index (χ1v) is 9.62. The molecule has 2 aliphatic heterocycles. The molecule has 4 rings (SSSR count). The summed E-state index contributed by atoms with van der Waals surface area (Å²) in [6.07, 6.45) is 0.609. The molecule has 3 heterocycles. The van der Waals surface area contributed by atoms with E-state index in [4.69, 9.17) is 5.73 Å². The van der Waals surface area contributed by atoms with Gasteiger partial charge in [-0.15, -0.1) is 0 Å². The molecule has 9 nitrogen and oxygen atoms in total. The van der Waals surface area contributed by atoms with Crippen molar-refractivity contribution in [2.45, 2.75) is 45.4 Å². The molecule has 1 atom stereocenters. The van der Waals surface area contributed by atoms with Crippen LogP contribution in [0.2, 0.25) is 0 Å². The van der Waals surface area contributed by atoms with Crippen molar-refractivity contribution in [1.82, 2.24) is 20.0 Å². The van der Waals surface area contributed by atoms with Gasteiger partial charge in [-0.1, -0.05) is 12.1 Å². The largest absolute Gasteiger partial charge is 0.364 e. The maximum Gasteiger partial charge on any atom is 0.255 e. The molecule has 1 unspecified atom stereocenters. The molecule has 1 saturated heterocycles. The monoisotopic (exact) mass is 396 g/mol. The Bertz CT molecular complexity index is 1010. The first kappa shape index (κ1) is 19.1. The molecule has 0 saturated carbocycles. The normalized spacial score (nSPS) is 18.8. The minimum Gasteiger partial charge on any atom is -0.364 e. The number of nitrogens with zero attached hydrogens (tertiary/aromatic N) is 3. The van der Waals surface area contributed by atoms with Crippen LogP contribution in [0.1, 0.15) is 45.6 Å². The SMILES string of the molecule is Cc1c(CN)c(NCc2ccc3c(c2)CN(C2CCC(=O)NC2=O)C3=O)nn1C. The molecule has 9 heteroatoms. The lowest BCUT2D eigenvalue weighted by molar-refractivity contribution is -0.136. The van der Waals surface area contributed by atoms with Crippen LogP contribution in [-0.4, -0.2) is 38.4 Å². The highest BCUT2D eigenvalue weighted by atomic mass is 16.2. The molecule has 0 radical (unpaired) electrons. The molecule has 0 spiro atoms. The summed E-state index contributed by atoms with van der Waals surface area (Å²) in [4.78, 5) is 37.8. The first-order chi connectivity index (χ1) is 13.9. The number of aromatic nitrogens is 2. The van der Waals surface area contributed by atoms with E-state index in [1.807, 2.05) is 26.1 Å². The van der Waals surface area contributed by atoms with Gasteiger partial charge in [-0.2, -0.15) is 5.10 Å². The third-order valence-electron chi connectivity index (χ3n) is 5.71. The van der Waals surface area contributed by atoms with E-state index in [0.717, 1.165) is 28.2 Å². The van der Waals surface area contributed by atoms with E-state index in [1.54, 1.807) is 15.6 Å². The van der Waals surface area contributed by atoms with E-state index in [1.165, 1.54) is 0 Å². The van der Waals surface area contributed by atoms with E-state index in [0.29, 0.717) is 31.6 Å². The van der Waals surface area contributed by atoms with Crippen molar-refractivity contribution in [3.05, 3.63) is 46.1 Å². The second-order valence-electron chi connectivity index (χ2n) is 7.49. The fourth-order valence-electron chi connectivity index (χ4n) is 3.96. The number of rotatable bonds is 5. The van der Waals surface area contributed by atoms with E-state index >= 15 is 0 Å². The average molecular weight is 396 g/mol. The van der Waals surface area contributed by atoms with Crippen molar-refractivity contribution >= 4 is 23.5 Å². The number of benzene rings is 1. The van der Waals surface area contributed by atoms with Crippen molar-refractivity contribution in [2.75, 3.05) is 5.32 Å². The predicted molar refractivity (Wildman–Crippen MR) is 106 cm³/mol. The second kappa shape index (κ2) is 7.32. The molecule has 4 N–H and O–H groups in total. The van der Waals surface area contributed by atoms with E-state index in [2.05, 4.69) is 15.7 Å². The Hall–Kier alpha value is -3.20. The van der Waals surface area contributed by atoms with Gasteiger partial charge < -0.3 is 16.0 Å². The van der Waals surface area contributed by atoms with Crippen molar-refractivity contribution in [3.8, 4) is 0 Å². The molecule has 152 valence electrons. The Morgan fingerprint density at radius 2 is 2.10 bits per heavy atom. The molecule has 2 aromatic rings. The van der Waals surface area contributed by atoms with Crippen LogP contribution >= 0.6 is 0 Å². The average Bonchev–Trinajstić information content (AvgIpc) is 3.16. The van der Waals surface area contributed by atoms with E-state index < -0.39 is 11.9 Å². The maximum atomic E-state index is 12.8. The van der Waals surface area contributed by atoms with Gasteiger partial charge >= 0.3 is 0 Å². The van der Waals surface area contributed by atoms with Gasteiger partial charge in [-0.05, 0) is 30.5 Å². The number of carbonyl (C=O) groups is 3. The van der Waals surface area contributed by atoms with Crippen LogP contribution in [0, 0.1) is 6.92 Å². The molecule has 0 aliphatic carbocycles. The summed E-state index contributed by atoms with van der Waals surface area (Å²) in [6, 6.07) is 5.08. The van der Waals surface area contributed by atoms with Crippen LogP contribution in [0.4, 0.5) is 5.82 Å². The number of carbonyl (C=O) groups excluding carboxylic acids is 3. The Labute approximate surface area is 168 Å². The zero-order chi connectivity index (χ0) is 20.7. The minimum absolute atomic E-state index is 0.167. The van der Waals surface area contributed by atoms with E-state index in [9.17, 15) is 14.4 Å². The Morgan fingerprint density at radius 3 is 2.83 bits per heavy atom. The van der Waals surface area contributed by atoms with Gasteiger partial charge in [0.1, 0.15) is 6.04 Å². The Morgan fingerprint density at radius 1 is 1.31 bits per heavy atom. The highest BCUT2D eigenvalue weighted by molar-refractivity contribution is 6.05. The lowest BCUT2D eigenvalue weighted by Gasteiger charge is -2.29. The number of nitrogens with two attached hydrogens (primary N) is 1. The van der Waals surface area contributed by atoms with Gasteiger partial charge in [-0.25, -0.2) is 0 Å². The summed E-state index contributed by atoms with van der Waals surface area (Å²) in [5.41, 5.74) is 10.3. The predicted octanol–water partition coefficient (Wildman–Crippen LogP) is 0.560. The van der Waals surface area contributed by atoms with E-state index in [-0.39, 0.29) is 18.2 Å². The van der Waals surface area contributed by atoms with Crippen LogP contribution in [0.25, 0.3) is 0 Å². The second-order valence-corrected chi connectivity index (χ2v) is 7.49. The number of hydrogen-bond donors (Lipinski definition) is 3. The number of amides is 3. The number of imide groups is 1. The fourth-order valence-corrected chi connectivity index (χ4v) is 3.96. The molecular formula is C20H24N6O3. The molecule has 2 aliphatic rings. The standard InChI is InChI=1S/C20H24N6O3/c1-11-15(8-21)18(24-25(11)2)22-9-12-3-4-14-13(7-12)10-26(20(14)29)16-5-6-17(27)23-19(16)28/h3-4,7,16H,5-6,8-10,21H2,1-2H3,(H,22,24)(H,23,27,28). The third kappa shape index (κ3) is 3.38. The molecular weight excluding hydrogens is 372 g/mol. The van der Waals surface area contributed by atoms with Gasteiger partial charge in [0, 0.05) is 49.9 Å². The van der Waals surface area contributed by atoms with Gasteiger partial charge in [0.2, 0.25) is 11.8 Å². The quantitative estimate of drug-likeness (QED) is 0.635. The number of fused-ring (bicyclic) bond motifs is 1. The van der Waals surface area contributed by atoms with Gasteiger partial charge in [-0.3, -0.25) is 24.4 Å². The highest BCUT2D eigenvalue weighted by Crippen LogP contribution is 2.28. The first-order valence-electron chi connectivity index (χ1n) is 9.62. The lowest BCUT2D eigenvalue weighted by Crippen LogP contribution is -2.52. The van der Waals surface area contributed by atoms with Crippen molar-refractivity contribution in [1.29, 1.82) is 0 Å². The number of nitrogens with one attached hydrogen (secondary N) is 2. The van der Waals surface area contributed by atoms with Crippen molar-refractivity contribution < 1.29 is 14.4 Å². The van der Waals surface area contributed by atoms with Gasteiger partial charge in [0.15, 0.2) is 5.82 Å². The van der Waals surface area contributed by atoms with Crippen LogP contribution in [-0.2, 0) is 36.3 Å². The zero-order valence-corrected chi connectivity index (χ0v) is 16.5. The minimum atomic E-state index is -0.599. The summed E-state index contributed by atoms with van der Waals surface area (Å²) in [5, 5.41) is 10.1. The van der Waals surface area contributed by atoms with Crippen LogP contribution in [0.5, 0.6) is 0 Å². The highest BCUT2D eigenvalue weighted by Gasteiger charge is 2.39. The summed E-state index contributed by atoms with van der Waals surface area (Å²) < 4.78 is 1.80. The maximum absolute atomic E-state index is 12.8. The van der Waals surface area contributed by atoms with Crippen LogP contribution < -0.4 is 16.4 Å². The van der Waals surface area contributed by atoms with Crippen molar-refractivity contribution in [3.63, 3.8) is 0 Å². The number of piperidine rings is 1. The molecule has 3 amide bonds. The molecule has 1 fully saturated rings. The fraction of sp³-hybridized carbons (Fsp3) is 0.400. The summed E-state index contributed by atoms with van der Waals surface area (Å²) >= 11 is 0. The molecule has 1 aromatic heterocycles. The Kier molecular flexibility index (Phi) is 4.83. The third-order valence-corrected chi connectivity index (χ3v) is 5.71. The number of hydrogen-bond acceptors (Lipinski definition) is 6. The number of aryl methyl sites for hydroxylation is 1. The molecule has 0 bridgehead atoms. The topological polar surface area (TPSA) is 122 Å². The zero-order valence-electron chi connectivity index (χ0n) is 16.5. The lowest BCUT2D eigenvalue weighted by atomic mass is 10.0. The molecule has 1 aromatic carbocycles. The summed E-state index contributed by atoms with van der Waals surface area (Å²) in [6.45, 7) is 3.29. The van der Waals surface area contributed by atoms with Gasteiger partial charge in [0.25, 0.3) is 5.91 Å². The smallest absolute Gasteiger partial charge is 0.255 e. The molecule has 29 heavy (non-hydrogen) atoms. The van der Waals surface area contributed by atoms with Gasteiger partial charge in [0.05, 0.1) is 0 Å².